The highest BCUT2D eigenvalue weighted by Gasteiger charge is 2.25. The molecule has 2 unspecified atom stereocenters. The molecule has 0 fully saturated rings. The number of rotatable bonds is 8. The lowest BCUT2D eigenvalue weighted by Crippen LogP contribution is -2.15. The second-order valence-electron chi connectivity index (χ2n) is 5.30. The van der Waals surface area contributed by atoms with Crippen molar-refractivity contribution >= 4 is 16.7 Å². The quantitative estimate of drug-likeness (QED) is 0.541. The second kappa shape index (κ2) is 8.12. The SMILES string of the molecule is COC(=O)CCCC(N=O)C(N=O)c1ccc2ccccc2c1. The number of hydrogen-bond acceptors (Lipinski definition) is 6. The average Bonchev–Trinajstić information content (AvgIpc) is 2.60. The molecule has 0 aliphatic carbocycles. The maximum Gasteiger partial charge on any atom is 0.305 e. The molecule has 120 valence electrons. The number of nitrogens with zero attached hydrogens (tertiary/aromatic N) is 2. The minimum absolute atomic E-state index is 0.186. The summed E-state index contributed by atoms with van der Waals surface area (Å²) in [5.41, 5.74) is 0.654. The molecule has 0 aliphatic heterocycles. The molecule has 0 aromatic heterocycles. The van der Waals surface area contributed by atoms with Gasteiger partial charge in [0.2, 0.25) is 0 Å². The van der Waals surface area contributed by atoms with Crippen molar-refractivity contribution in [1.82, 2.24) is 0 Å². The second-order valence-corrected chi connectivity index (χ2v) is 5.30. The highest BCUT2D eigenvalue weighted by atomic mass is 16.5. The monoisotopic (exact) mass is 314 g/mol. The van der Waals surface area contributed by atoms with Gasteiger partial charge in [-0.2, -0.15) is 9.81 Å². The molecule has 0 amide bonds. The summed E-state index contributed by atoms with van der Waals surface area (Å²) in [6.07, 6.45) is 0.913. The lowest BCUT2D eigenvalue weighted by molar-refractivity contribution is -0.140. The van der Waals surface area contributed by atoms with Gasteiger partial charge in [0.15, 0.2) is 0 Å². The zero-order valence-electron chi connectivity index (χ0n) is 12.8. The molecule has 6 heteroatoms. The molecule has 6 nitrogen and oxygen atoms in total. The average molecular weight is 314 g/mol. The summed E-state index contributed by atoms with van der Waals surface area (Å²) in [5, 5.41) is 8.15. The highest BCUT2D eigenvalue weighted by Crippen LogP contribution is 2.29. The first-order valence-corrected chi connectivity index (χ1v) is 7.40. The Labute approximate surface area is 133 Å². The van der Waals surface area contributed by atoms with Crippen molar-refractivity contribution in [3.8, 4) is 0 Å². The molecule has 0 bridgehead atoms. The Kier molecular flexibility index (Phi) is 5.91. The Balaban J connectivity index is 2.15. The van der Waals surface area contributed by atoms with Gasteiger partial charge in [-0.05, 0) is 35.2 Å². The number of benzene rings is 2. The van der Waals surface area contributed by atoms with Crippen LogP contribution in [0.1, 0.15) is 30.9 Å². The summed E-state index contributed by atoms with van der Waals surface area (Å²) < 4.78 is 4.55. The van der Waals surface area contributed by atoms with Crippen LogP contribution in [0.5, 0.6) is 0 Å². The summed E-state index contributed by atoms with van der Waals surface area (Å²) >= 11 is 0. The van der Waals surface area contributed by atoms with Crippen LogP contribution >= 0.6 is 0 Å². The van der Waals surface area contributed by atoms with E-state index in [9.17, 15) is 14.6 Å². The van der Waals surface area contributed by atoms with Crippen LogP contribution in [0, 0.1) is 9.81 Å². The van der Waals surface area contributed by atoms with Crippen molar-refractivity contribution in [3.63, 3.8) is 0 Å². The van der Waals surface area contributed by atoms with E-state index < -0.39 is 12.1 Å². The Morgan fingerprint density at radius 1 is 1.09 bits per heavy atom. The normalized spacial score (nSPS) is 13.3. The first-order valence-electron chi connectivity index (χ1n) is 7.40. The standard InChI is InChI=1S/C17H18N2O4/c1-23-16(20)8-4-7-15(18-21)17(19-22)14-10-9-12-5-2-3-6-13(12)11-14/h2-3,5-6,9-11,15,17H,4,7-8H2,1H3. The van der Waals surface area contributed by atoms with Crippen LogP contribution in [-0.2, 0) is 9.53 Å². The zero-order valence-corrected chi connectivity index (χ0v) is 12.8. The van der Waals surface area contributed by atoms with Gasteiger partial charge in [0.05, 0.1) is 7.11 Å². The molecule has 0 aliphatic rings. The molecule has 0 heterocycles. The summed E-state index contributed by atoms with van der Waals surface area (Å²) in [5.74, 6) is -0.351. The van der Waals surface area contributed by atoms with Crippen molar-refractivity contribution in [1.29, 1.82) is 0 Å². The molecule has 2 aromatic rings. The van der Waals surface area contributed by atoms with Crippen LogP contribution in [0.4, 0.5) is 0 Å². The summed E-state index contributed by atoms with van der Waals surface area (Å²) in [4.78, 5) is 33.5. The number of methoxy groups -OCH3 is 1. The van der Waals surface area contributed by atoms with Gasteiger partial charge in [-0.15, -0.1) is 0 Å². The first kappa shape index (κ1) is 16.7. The van der Waals surface area contributed by atoms with Gasteiger partial charge in [0.25, 0.3) is 0 Å². The lowest BCUT2D eigenvalue weighted by atomic mass is 9.94. The van der Waals surface area contributed by atoms with E-state index in [1.54, 1.807) is 6.07 Å². The first-order chi connectivity index (χ1) is 11.2. The van der Waals surface area contributed by atoms with Gasteiger partial charge < -0.3 is 4.74 Å². The van der Waals surface area contributed by atoms with Gasteiger partial charge in [-0.25, -0.2) is 0 Å². The van der Waals surface area contributed by atoms with Crippen LogP contribution in [-0.4, -0.2) is 19.1 Å². The minimum Gasteiger partial charge on any atom is -0.469 e. The fourth-order valence-corrected chi connectivity index (χ4v) is 2.57. The van der Waals surface area contributed by atoms with E-state index in [0.717, 1.165) is 10.8 Å². The molecular weight excluding hydrogens is 296 g/mol. The molecule has 2 aromatic carbocycles. The highest BCUT2D eigenvalue weighted by molar-refractivity contribution is 5.83. The molecule has 0 saturated carbocycles. The summed E-state index contributed by atoms with van der Waals surface area (Å²) in [6.45, 7) is 0. The molecule has 0 spiro atoms. The minimum atomic E-state index is -0.852. The van der Waals surface area contributed by atoms with Crippen LogP contribution < -0.4 is 0 Å². The molecule has 0 saturated heterocycles. The predicted octanol–water partition coefficient (Wildman–Crippen LogP) is 4.13. The van der Waals surface area contributed by atoms with Crippen LogP contribution in [0.15, 0.2) is 52.8 Å². The summed E-state index contributed by atoms with van der Waals surface area (Å²) in [6, 6.07) is 11.6. The maximum absolute atomic E-state index is 11.3. The van der Waals surface area contributed by atoms with E-state index in [1.165, 1.54) is 7.11 Å². The molecule has 0 radical (unpaired) electrons. The number of fused-ring (bicyclic) bond motifs is 1. The zero-order chi connectivity index (χ0) is 16.7. The molecule has 23 heavy (non-hydrogen) atoms. The van der Waals surface area contributed by atoms with E-state index >= 15 is 0 Å². The van der Waals surface area contributed by atoms with Crippen LogP contribution in [0.25, 0.3) is 10.8 Å². The smallest absolute Gasteiger partial charge is 0.305 e. The Bertz CT molecular complexity index is 702. The number of carbonyl (C=O) groups excluding carboxylic acids is 1. The maximum atomic E-state index is 11.3. The third-order valence-electron chi connectivity index (χ3n) is 3.84. The third kappa shape index (κ3) is 4.18. The largest absolute Gasteiger partial charge is 0.469 e. The van der Waals surface area contributed by atoms with Gasteiger partial charge >= 0.3 is 5.97 Å². The number of carbonyl (C=O) groups is 1. The molecule has 2 atom stereocenters. The van der Waals surface area contributed by atoms with E-state index in [-0.39, 0.29) is 12.4 Å². The van der Waals surface area contributed by atoms with Crippen molar-refractivity contribution in [2.24, 2.45) is 10.4 Å². The van der Waals surface area contributed by atoms with Crippen molar-refractivity contribution in [3.05, 3.63) is 57.8 Å². The fourth-order valence-electron chi connectivity index (χ4n) is 2.57. The molecule has 2 rings (SSSR count). The van der Waals surface area contributed by atoms with Gasteiger partial charge in [0, 0.05) is 6.42 Å². The third-order valence-corrected chi connectivity index (χ3v) is 3.84. The molecular formula is C17H18N2O4. The van der Waals surface area contributed by atoms with Crippen molar-refractivity contribution in [2.75, 3.05) is 7.11 Å². The van der Waals surface area contributed by atoms with E-state index in [2.05, 4.69) is 15.1 Å². The number of hydrogen-bond donors (Lipinski definition) is 0. The molecule has 0 N–H and O–H groups in total. The number of esters is 1. The van der Waals surface area contributed by atoms with E-state index in [4.69, 9.17) is 0 Å². The van der Waals surface area contributed by atoms with Gasteiger partial charge in [0.1, 0.15) is 12.1 Å². The van der Waals surface area contributed by atoms with E-state index in [0.29, 0.717) is 18.4 Å². The fraction of sp³-hybridized carbons (Fsp3) is 0.353. The predicted molar refractivity (Wildman–Crippen MR) is 87.9 cm³/mol. The van der Waals surface area contributed by atoms with Crippen LogP contribution in [0.3, 0.4) is 0 Å². The topological polar surface area (TPSA) is 85.2 Å². The van der Waals surface area contributed by atoms with Gasteiger partial charge in [-0.3, -0.25) is 4.79 Å². The van der Waals surface area contributed by atoms with Crippen molar-refractivity contribution in [2.45, 2.75) is 31.3 Å². The number of nitroso groups, excluding NO2 is 2. The lowest BCUT2D eigenvalue weighted by Gasteiger charge is -2.16. The Morgan fingerprint density at radius 2 is 1.83 bits per heavy atom. The van der Waals surface area contributed by atoms with Crippen LogP contribution in [0.2, 0.25) is 0 Å². The number of ether oxygens (including phenoxy) is 1. The van der Waals surface area contributed by atoms with Gasteiger partial charge in [-0.1, -0.05) is 46.8 Å². The summed E-state index contributed by atoms with van der Waals surface area (Å²) in [7, 11) is 1.31. The Morgan fingerprint density at radius 3 is 2.48 bits per heavy atom. The van der Waals surface area contributed by atoms with Crippen molar-refractivity contribution < 1.29 is 9.53 Å². The Hall–Kier alpha value is -2.63. The van der Waals surface area contributed by atoms with E-state index in [1.807, 2.05) is 36.4 Å².